The van der Waals surface area contributed by atoms with E-state index in [-0.39, 0.29) is 0 Å². The predicted octanol–water partition coefficient (Wildman–Crippen LogP) is 3.11. The first-order valence-corrected chi connectivity index (χ1v) is 4.91. The molecule has 0 unspecified atom stereocenters. The van der Waals surface area contributed by atoms with Crippen molar-refractivity contribution in [2.24, 2.45) is 0 Å². The van der Waals surface area contributed by atoms with Gasteiger partial charge in [-0.3, -0.25) is 0 Å². The Bertz CT molecular complexity index is 491. The number of aromatic nitrogens is 1. The summed E-state index contributed by atoms with van der Waals surface area (Å²) >= 11 is 0. The molecule has 1 aromatic carbocycles. The molecule has 0 fully saturated rings. The van der Waals surface area contributed by atoms with Crippen LogP contribution >= 0.6 is 0 Å². The summed E-state index contributed by atoms with van der Waals surface area (Å²) in [6.07, 6.45) is 3.55. The zero-order valence-electron chi connectivity index (χ0n) is 8.73. The fraction of sp³-hybridized carbons (Fsp3) is 0.154. The number of ether oxygens (including phenoxy) is 1. The van der Waals surface area contributed by atoms with Gasteiger partial charge in [0, 0.05) is 17.1 Å². The van der Waals surface area contributed by atoms with E-state index in [2.05, 4.69) is 17.6 Å². The third-order valence-corrected chi connectivity index (χ3v) is 2.34. The van der Waals surface area contributed by atoms with Crippen LogP contribution in [0.1, 0.15) is 5.56 Å². The topological polar surface area (TPSA) is 22.1 Å². The van der Waals surface area contributed by atoms with Gasteiger partial charge in [-0.25, -0.2) is 4.98 Å². The Labute approximate surface area is 89.2 Å². The number of pyridine rings is 1. The highest BCUT2D eigenvalue weighted by Crippen LogP contribution is 2.24. The fourth-order valence-corrected chi connectivity index (χ4v) is 1.57. The van der Waals surface area contributed by atoms with E-state index in [1.165, 1.54) is 5.39 Å². The first kappa shape index (κ1) is 9.71. The van der Waals surface area contributed by atoms with Crippen LogP contribution < -0.4 is 4.74 Å². The smallest absolute Gasteiger partial charge is 0.217 e. The summed E-state index contributed by atoms with van der Waals surface area (Å²) in [5.74, 6) is 0.689. The van der Waals surface area contributed by atoms with Crippen molar-refractivity contribution in [2.45, 2.75) is 6.92 Å². The van der Waals surface area contributed by atoms with Gasteiger partial charge in [-0.05, 0) is 12.3 Å². The Balaban J connectivity index is 2.50. The molecule has 0 aliphatic carbocycles. The molecule has 76 valence electrons. The lowest BCUT2D eigenvalue weighted by atomic mass is 10.1. The Morgan fingerprint density at radius 3 is 3.00 bits per heavy atom. The molecule has 2 heteroatoms. The van der Waals surface area contributed by atoms with Crippen LogP contribution in [0.3, 0.4) is 0 Å². The van der Waals surface area contributed by atoms with Gasteiger partial charge in [0.2, 0.25) is 5.88 Å². The second kappa shape index (κ2) is 4.13. The molecule has 2 rings (SSSR count). The van der Waals surface area contributed by atoms with Crippen LogP contribution in [0.25, 0.3) is 10.8 Å². The fourth-order valence-electron chi connectivity index (χ4n) is 1.57. The lowest BCUT2D eigenvalue weighted by Crippen LogP contribution is -1.98. The maximum absolute atomic E-state index is 5.46. The average Bonchev–Trinajstić information content (AvgIpc) is 2.29. The zero-order valence-corrected chi connectivity index (χ0v) is 8.73. The van der Waals surface area contributed by atoms with Crippen LogP contribution in [0, 0.1) is 6.92 Å². The van der Waals surface area contributed by atoms with E-state index < -0.39 is 0 Å². The number of hydrogen-bond donors (Lipinski definition) is 0. The van der Waals surface area contributed by atoms with E-state index in [4.69, 9.17) is 4.74 Å². The first-order chi connectivity index (χ1) is 7.33. The minimum atomic E-state index is 0.492. The molecule has 0 atom stereocenters. The van der Waals surface area contributed by atoms with Crippen LogP contribution in [0.4, 0.5) is 0 Å². The number of benzene rings is 1. The average molecular weight is 199 g/mol. The predicted molar refractivity (Wildman–Crippen MR) is 62.2 cm³/mol. The standard InChI is InChI=1S/C13H13NO/c1-3-8-15-13-10(2)12-7-5-4-6-11(12)9-14-13/h3-7,9H,1,8H2,2H3. The lowest BCUT2D eigenvalue weighted by Gasteiger charge is -2.08. The zero-order chi connectivity index (χ0) is 10.7. The van der Waals surface area contributed by atoms with Crippen LogP contribution in [0.2, 0.25) is 0 Å². The van der Waals surface area contributed by atoms with E-state index >= 15 is 0 Å². The van der Waals surface area contributed by atoms with Gasteiger partial charge in [0.25, 0.3) is 0 Å². The quantitative estimate of drug-likeness (QED) is 0.708. The molecule has 0 bridgehead atoms. The minimum absolute atomic E-state index is 0.492. The molecule has 2 aromatic rings. The largest absolute Gasteiger partial charge is 0.473 e. The molecule has 0 N–H and O–H groups in total. The van der Waals surface area contributed by atoms with Crippen LogP contribution in [0.15, 0.2) is 43.1 Å². The van der Waals surface area contributed by atoms with Gasteiger partial charge in [0.15, 0.2) is 0 Å². The van der Waals surface area contributed by atoms with Crippen molar-refractivity contribution in [3.05, 3.63) is 48.7 Å². The molecule has 0 aliphatic heterocycles. The summed E-state index contributed by atoms with van der Waals surface area (Å²) in [4.78, 5) is 4.27. The summed E-state index contributed by atoms with van der Waals surface area (Å²) in [5, 5.41) is 2.33. The Kier molecular flexibility index (Phi) is 2.68. The monoisotopic (exact) mass is 199 g/mol. The molecular formula is C13H13NO. The van der Waals surface area contributed by atoms with E-state index in [1.54, 1.807) is 6.08 Å². The third kappa shape index (κ3) is 1.84. The van der Waals surface area contributed by atoms with E-state index in [0.29, 0.717) is 12.5 Å². The Hall–Kier alpha value is -1.83. The summed E-state index contributed by atoms with van der Waals surface area (Å²) in [6, 6.07) is 8.15. The Morgan fingerprint density at radius 1 is 1.40 bits per heavy atom. The molecule has 0 aliphatic rings. The number of aryl methyl sites for hydroxylation is 1. The van der Waals surface area contributed by atoms with Crippen LogP contribution in [-0.4, -0.2) is 11.6 Å². The minimum Gasteiger partial charge on any atom is -0.473 e. The molecule has 0 spiro atoms. The van der Waals surface area contributed by atoms with Gasteiger partial charge in [-0.15, -0.1) is 0 Å². The van der Waals surface area contributed by atoms with E-state index in [9.17, 15) is 0 Å². The third-order valence-electron chi connectivity index (χ3n) is 2.34. The van der Waals surface area contributed by atoms with E-state index in [0.717, 1.165) is 10.9 Å². The summed E-state index contributed by atoms with van der Waals surface area (Å²) < 4.78 is 5.46. The molecule has 15 heavy (non-hydrogen) atoms. The Morgan fingerprint density at radius 2 is 2.20 bits per heavy atom. The molecular weight excluding hydrogens is 186 g/mol. The van der Waals surface area contributed by atoms with Crippen molar-refractivity contribution in [1.82, 2.24) is 4.98 Å². The number of rotatable bonds is 3. The lowest BCUT2D eigenvalue weighted by molar-refractivity contribution is 0.347. The van der Waals surface area contributed by atoms with Crippen molar-refractivity contribution in [1.29, 1.82) is 0 Å². The van der Waals surface area contributed by atoms with Gasteiger partial charge < -0.3 is 4.74 Å². The maximum Gasteiger partial charge on any atom is 0.217 e. The van der Waals surface area contributed by atoms with Crippen molar-refractivity contribution in [3.8, 4) is 5.88 Å². The summed E-state index contributed by atoms with van der Waals surface area (Å²) in [5.41, 5.74) is 1.08. The molecule has 1 heterocycles. The van der Waals surface area contributed by atoms with Crippen molar-refractivity contribution < 1.29 is 4.74 Å². The van der Waals surface area contributed by atoms with E-state index in [1.807, 2.05) is 31.3 Å². The molecule has 2 nitrogen and oxygen atoms in total. The summed E-state index contributed by atoms with van der Waals surface area (Å²) in [7, 11) is 0. The first-order valence-electron chi connectivity index (χ1n) is 4.91. The van der Waals surface area contributed by atoms with Gasteiger partial charge in [0.05, 0.1) is 0 Å². The van der Waals surface area contributed by atoms with Crippen molar-refractivity contribution >= 4 is 10.8 Å². The second-order valence-electron chi connectivity index (χ2n) is 3.38. The van der Waals surface area contributed by atoms with Crippen molar-refractivity contribution in [2.75, 3.05) is 6.61 Å². The molecule has 1 aromatic heterocycles. The molecule has 0 radical (unpaired) electrons. The number of fused-ring (bicyclic) bond motifs is 1. The number of nitrogens with zero attached hydrogens (tertiary/aromatic N) is 1. The highest BCUT2D eigenvalue weighted by Gasteiger charge is 2.04. The summed E-state index contributed by atoms with van der Waals surface area (Å²) in [6.45, 7) is 6.13. The SMILES string of the molecule is C=CCOc1ncc2ccccc2c1C. The molecule has 0 saturated carbocycles. The molecule has 0 amide bonds. The van der Waals surface area contributed by atoms with Gasteiger partial charge >= 0.3 is 0 Å². The highest BCUT2D eigenvalue weighted by molar-refractivity contribution is 5.85. The number of hydrogen-bond acceptors (Lipinski definition) is 2. The van der Waals surface area contributed by atoms with Crippen LogP contribution in [0.5, 0.6) is 5.88 Å². The van der Waals surface area contributed by atoms with Gasteiger partial charge in [-0.1, -0.05) is 36.9 Å². The molecule has 0 saturated heterocycles. The second-order valence-corrected chi connectivity index (χ2v) is 3.38. The van der Waals surface area contributed by atoms with Gasteiger partial charge in [0.1, 0.15) is 6.61 Å². The normalized spacial score (nSPS) is 10.2. The maximum atomic E-state index is 5.46. The van der Waals surface area contributed by atoms with Gasteiger partial charge in [-0.2, -0.15) is 0 Å². The van der Waals surface area contributed by atoms with Crippen LogP contribution in [-0.2, 0) is 0 Å². The van der Waals surface area contributed by atoms with Crippen molar-refractivity contribution in [3.63, 3.8) is 0 Å². The highest BCUT2D eigenvalue weighted by atomic mass is 16.5.